The molecule has 16 nitrogen and oxygen atoms in total. The number of amides is 5. The van der Waals surface area contributed by atoms with E-state index in [0.717, 1.165) is 73.1 Å². The van der Waals surface area contributed by atoms with Crippen LogP contribution in [0.1, 0.15) is 88.5 Å². The summed E-state index contributed by atoms with van der Waals surface area (Å²) in [4.78, 5) is 74.1. The molecule has 2 saturated heterocycles. The molecular weight excluding hydrogens is 729 g/mol. The van der Waals surface area contributed by atoms with E-state index in [1.54, 1.807) is 35.1 Å². The molecule has 292 valence electrons. The first-order valence-electron chi connectivity index (χ1n) is 19.8. The highest BCUT2D eigenvalue weighted by Crippen LogP contribution is 2.38. The quantitative estimate of drug-likeness (QED) is 0.198. The number of nitrogens with one attached hydrogen (secondary N) is 2. The number of imide groups is 2. The fourth-order valence-electron chi connectivity index (χ4n) is 8.75. The number of likely N-dealkylation sites (N-methyl/N-ethyl adjacent to an activating group) is 1. The molecule has 3 aromatic heterocycles. The Morgan fingerprint density at radius 3 is 2.56 bits per heavy atom. The molecule has 2 saturated carbocycles. The zero-order valence-electron chi connectivity index (χ0n) is 31.5. The zero-order chi connectivity index (χ0) is 38.9. The number of hydrogen-bond acceptors (Lipinski definition) is 11. The van der Waals surface area contributed by atoms with E-state index in [4.69, 9.17) is 9.84 Å². The van der Waals surface area contributed by atoms with Gasteiger partial charge in [-0.05, 0) is 88.2 Å². The van der Waals surface area contributed by atoms with Gasteiger partial charge in [0.2, 0.25) is 11.8 Å². The third-order valence-electron chi connectivity index (χ3n) is 12.4. The molecule has 1 atom stereocenters. The number of nitrogens with zero attached hydrogens (tertiary/aromatic N) is 8. The second-order valence-corrected chi connectivity index (χ2v) is 16.0. The van der Waals surface area contributed by atoms with Gasteiger partial charge >= 0.3 is 0 Å². The molecule has 2 aromatic carbocycles. The van der Waals surface area contributed by atoms with Crippen LogP contribution >= 0.6 is 0 Å². The number of aromatic nitrogens is 5. The Hall–Kier alpha value is -6.16. The predicted octanol–water partition coefficient (Wildman–Crippen LogP) is 3.83. The van der Waals surface area contributed by atoms with Crippen molar-refractivity contribution in [1.29, 1.82) is 0 Å². The van der Waals surface area contributed by atoms with Gasteiger partial charge in [-0.25, -0.2) is 9.50 Å². The molecule has 5 amide bonds. The highest BCUT2D eigenvalue weighted by molar-refractivity contribution is 6.23. The van der Waals surface area contributed by atoms with Crippen molar-refractivity contribution < 1.29 is 28.7 Å². The average molecular weight is 771 g/mol. The molecule has 2 N–H and O–H groups in total. The monoisotopic (exact) mass is 770 g/mol. The maximum atomic E-state index is 13.4. The summed E-state index contributed by atoms with van der Waals surface area (Å²) in [6, 6.07) is 11.0. The van der Waals surface area contributed by atoms with Gasteiger partial charge in [0.1, 0.15) is 17.4 Å². The standard InChI is InChI=1S/C41H42N10O6/c1-47(28-20-48(21-28)27-9-10-29-30(16-27)41(56)51(40(29)55)34-11-12-36(52)45-39(34)54)25-5-7-26(8-6-25)50-19-24-15-33(35(17-32(24)46-50)57-22-23-3-4-23)44-38(53)31-18-43-49-14-2-13-42-37(31)49/h2,9-10,13-19,23,25-26,28,34H,3-8,11-12,20-22H2,1H3,(H,44,53)(H,45,52,54). The van der Waals surface area contributed by atoms with Crippen LogP contribution in [0.5, 0.6) is 5.75 Å². The van der Waals surface area contributed by atoms with Crippen LogP contribution in [-0.2, 0) is 9.59 Å². The molecule has 1 unspecified atom stereocenters. The summed E-state index contributed by atoms with van der Waals surface area (Å²) in [6.45, 7) is 2.20. The van der Waals surface area contributed by atoms with Crippen molar-refractivity contribution >= 4 is 57.5 Å². The minimum absolute atomic E-state index is 0.0880. The maximum absolute atomic E-state index is 13.4. The van der Waals surface area contributed by atoms with Crippen LogP contribution in [0.4, 0.5) is 11.4 Å². The summed E-state index contributed by atoms with van der Waals surface area (Å²) < 4.78 is 9.90. The molecule has 2 aliphatic carbocycles. The van der Waals surface area contributed by atoms with Crippen molar-refractivity contribution in [1.82, 2.24) is 39.5 Å². The van der Waals surface area contributed by atoms with Crippen LogP contribution < -0.4 is 20.3 Å². The van der Waals surface area contributed by atoms with E-state index in [9.17, 15) is 24.0 Å². The SMILES string of the molecule is CN(C1CCC(n2cc3cc(NC(=O)c4cnn5cccnc45)c(OCC4CC4)cc3n2)CC1)C1CN(c2ccc3c(c2)C(=O)N(C2CCC(=O)NC2=O)C3=O)C1. The Morgan fingerprint density at radius 2 is 1.77 bits per heavy atom. The number of ether oxygens (including phenoxy) is 1. The molecule has 10 rings (SSSR count). The molecule has 57 heavy (non-hydrogen) atoms. The molecule has 3 aliphatic heterocycles. The number of carbonyl (C=O) groups excluding carboxylic acids is 5. The van der Waals surface area contributed by atoms with E-state index in [1.807, 2.05) is 18.2 Å². The van der Waals surface area contributed by atoms with Gasteiger partial charge in [0.15, 0.2) is 5.65 Å². The smallest absolute Gasteiger partial charge is 0.262 e. The van der Waals surface area contributed by atoms with Gasteiger partial charge in [0.25, 0.3) is 17.7 Å². The summed E-state index contributed by atoms with van der Waals surface area (Å²) in [5, 5.41) is 15.5. The van der Waals surface area contributed by atoms with E-state index in [-0.39, 0.29) is 30.4 Å². The van der Waals surface area contributed by atoms with Crippen LogP contribution in [0.15, 0.2) is 61.2 Å². The summed E-state index contributed by atoms with van der Waals surface area (Å²) >= 11 is 0. The van der Waals surface area contributed by atoms with E-state index < -0.39 is 29.7 Å². The number of fused-ring (bicyclic) bond motifs is 3. The van der Waals surface area contributed by atoms with Gasteiger partial charge in [-0.3, -0.25) is 43.8 Å². The van der Waals surface area contributed by atoms with Gasteiger partial charge in [-0.2, -0.15) is 10.2 Å². The van der Waals surface area contributed by atoms with Crippen molar-refractivity contribution in [3.05, 3.63) is 77.9 Å². The minimum atomic E-state index is -0.979. The fourth-order valence-corrected chi connectivity index (χ4v) is 8.75. The molecule has 5 aromatic rings. The molecule has 0 radical (unpaired) electrons. The maximum Gasteiger partial charge on any atom is 0.262 e. The lowest BCUT2D eigenvalue weighted by Crippen LogP contribution is -2.61. The summed E-state index contributed by atoms with van der Waals surface area (Å²) in [7, 11) is 2.19. The normalized spacial score (nSPS) is 22.7. The van der Waals surface area contributed by atoms with Crippen LogP contribution in [0, 0.1) is 5.92 Å². The lowest BCUT2D eigenvalue weighted by molar-refractivity contribution is -0.136. The minimum Gasteiger partial charge on any atom is -0.491 e. The van der Waals surface area contributed by atoms with Crippen molar-refractivity contribution in [2.24, 2.45) is 5.92 Å². The second kappa shape index (κ2) is 13.8. The third kappa shape index (κ3) is 6.37. The highest BCUT2D eigenvalue weighted by atomic mass is 16.5. The van der Waals surface area contributed by atoms with Crippen LogP contribution in [0.25, 0.3) is 16.6 Å². The van der Waals surface area contributed by atoms with Gasteiger partial charge in [0, 0.05) is 67.3 Å². The topological polar surface area (TPSA) is 176 Å². The van der Waals surface area contributed by atoms with Gasteiger partial charge in [0.05, 0.1) is 41.2 Å². The Bertz CT molecular complexity index is 2480. The lowest BCUT2D eigenvalue weighted by atomic mass is 9.89. The van der Waals surface area contributed by atoms with E-state index in [1.165, 1.54) is 6.20 Å². The van der Waals surface area contributed by atoms with Crippen molar-refractivity contribution in [2.75, 3.05) is 37.0 Å². The van der Waals surface area contributed by atoms with Gasteiger partial charge in [-0.15, -0.1) is 0 Å². The first-order valence-corrected chi connectivity index (χ1v) is 19.8. The van der Waals surface area contributed by atoms with Gasteiger partial charge < -0.3 is 15.0 Å². The number of benzene rings is 2. The van der Waals surface area contributed by atoms with E-state index in [0.29, 0.717) is 52.8 Å². The molecule has 5 aliphatic rings. The Labute approximate surface area is 327 Å². The van der Waals surface area contributed by atoms with Crippen molar-refractivity contribution in [3.63, 3.8) is 0 Å². The third-order valence-corrected chi connectivity index (χ3v) is 12.4. The van der Waals surface area contributed by atoms with Crippen molar-refractivity contribution in [2.45, 2.75) is 75.5 Å². The highest BCUT2D eigenvalue weighted by Gasteiger charge is 2.45. The Kier molecular flexibility index (Phi) is 8.53. The predicted molar refractivity (Wildman–Crippen MR) is 207 cm³/mol. The summed E-state index contributed by atoms with van der Waals surface area (Å²) in [6.07, 6.45) is 13.6. The largest absolute Gasteiger partial charge is 0.491 e. The second-order valence-electron chi connectivity index (χ2n) is 16.0. The summed E-state index contributed by atoms with van der Waals surface area (Å²) in [5.41, 5.74) is 3.74. The average Bonchev–Trinajstić information content (AvgIpc) is 3.69. The molecule has 16 heteroatoms. The number of piperidine rings is 1. The number of rotatable bonds is 10. The number of hydrogen-bond donors (Lipinski definition) is 2. The Balaban J connectivity index is 0.771. The Morgan fingerprint density at radius 1 is 0.965 bits per heavy atom. The lowest BCUT2D eigenvalue weighted by Gasteiger charge is -2.49. The number of anilines is 2. The first-order chi connectivity index (χ1) is 27.7. The zero-order valence-corrected chi connectivity index (χ0v) is 31.5. The fraction of sp³-hybridized carbons (Fsp3) is 0.415. The van der Waals surface area contributed by atoms with Crippen LogP contribution in [0.2, 0.25) is 0 Å². The van der Waals surface area contributed by atoms with Crippen molar-refractivity contribution in [3.8, 4) is 5.75 Å². The van der Waals surface area contributed by atoms with E-state index >= 15 is 0 Å². The molecule has 6 heterocycles. The van der Waals surface area contributed by atoms with Crippen LogP contribution in [-0.4, -0.2) is 109 Å². The molecule has 0 bridgehead atoms. The van der Waals surface area contributed by atoms with Crippen LogP contribution in [0.3, 0.4) is 0 Å². The molecular formula is C41H42N10O6. The van der Waals surface area contributed by atoms with E-state index in [2.05, 4.69) is 48.4 Å². The first kappa shape index (κ1) is 35.3. The summed E-state index contributed by atoms with van der Waals surface area (Å²) in [5.74, 6) is -1.15. The number of carbonyl (C=O) groups is 5. The van der Waals surface area contributed by atoms with Gasteiger partial charge in [-0.1, -0.05) is 0 Å². The molecule has 0 spiro atoms. The molecule has 4 fully saturated rings.